The van der Waals surface area contributed by atoms with Crippen molar-refractivity contribution in [2.75, 3.05) is 0 Å². The smallest absolute Gasteiger partial charge is 0.278 e. The Kier molecular flexibility index (Phi) is 3.57. The lowest BCUT2D eigenvalue weighted by molar-refractivity contribution is -0.383. The average molecular weight is 321 g/mol. The number of nitrogens with zero attached hydrogens (tertiary/aromatic N) is 2. The molecule has 0 aliphatic heterocycles. The van der Waals surface area contributed by atoms with Gasteiger partial charge in [-0.2, -0.15) is 0 Å². The lowest BCUT2D eigenvalue weighted by Gasteiger charge is -2.09. The van der Waals surface area contributed by atoms with Crippen LogP contribution in [0.4, 0.5) is 5.69 Å². The molecule has 0 saturated carbocycles. The van der Waals surface area contributed by atoms with Gasteiger partial charge in [0.05, 0.1) is 22.4 Å². The van der Waals surface area contributed by atoms with Gasteiger partial charge in [0, 0.05) is 27.9 Å². The van der Waals surface area contributed by atoms with E-state index in [2.05, 4.69) is 0 Å². The predicted octanol–water partition coefficient (Wildman–Crippen LogP) is 4.90. The SMILES string of the molecule is O=[N+]([O-])c1cccc2c1ccn2Cc1c(Cl)cccc1Cl. The second-order valence-electron chi connectivity index (χ2n) is 4.61. The summed E-state index contributed by atoms with van der Waals surface area (Å²) in [5.74, 6) is 0. The topological polar surface area (TPSA) is 48.1 Å². The number of non-ortho nitro benzene ring substituents is 1. The second kappa shape index (κ2) is 5.39. The molecule has 3 rings (SSSR count). The first-order chi connectivity index (χ1) is 10.1. The molecule has 0 bridgehead atoms. The van der Waals surface area contributed by atoms with E-state index in [4.69, 9.17) is 23.2 Å². The van der Waals surface area contributed by atoms with E-state index in [9.17, 15) is 10.1 Å². The molecule has 1 aromatic heterocycles. The number of hydrogen-bond donors (Lipinski definition) is 0. The Morgan fingerprint density at radius 1 is 1.05 bits per heavy atom. The minimum absolute atomic E-state index is 0.0940. The molecule has 0 radical (unpaired) electrons. The van der Waals surface area contributed by atoms with Crippen molar-refractivity contribution in [3.05, 3.63) is 74.4 Å². The van der Waals surface area contributed by atoms with E-state index in [1.165, 1.54) is 6.07 Å². The number of benzene rings is 2. The van der Waals surface area contributed by atoms with E-state index in [0.717, 1.165) is 11.1 Å². The van der Waals surface area contributed by atoms with Crippen LogP contribution in [-0.4, -0.2) is 9.49 Å². The van der Waals surface area contributed by atoms with Crippen LogP contribution in [-0.2, 0) is 6.54 Å². The quantitative estimate of drug-likeness (QED) is 0.508. The van der Waals surface area contributed by atoms with Crippen molar-refractivity contribution >= 4 is 39.8 Å². The monoisotopic (exact) mass is 320 g/mol. The number of nitro groups is 1. The Bertz CT molecular complexity index is 823. The molecule has 3 aromatic rings. The zero-order chi connectivity index (χ0) is 15.0. The van der Waals surface area contributed by atoms with E-state index in [1.54, 1.807) is 36.5 Å². The summed E-state index contributed by atoms with van der Waals surface area (Å²) < 4.78 is 1.90. The van der Waals surface area contributed by atoms with E-state index in [1.807, 2.05) is 10.6 Å². The molecule has 0 spiro atoms. The van der Waals surface area contributed by atoms with E-state index < -0.39 is 0 Å². The van der Waals surface area contributed by atoms with E-state index >= 15 is 0 Å². The Labute approximate surface area is 130 Å². The van der Waals surface area contributed by atoms with Gasteiger partial charge in [0.1, 0.15) is 0 Å². The Hall–Kier alpha value is -2.04. The van der Waals surface area contributed by atoms with E-state index in [-0.39, 0.29) is 10.6 Å². The maximum Gasteiger partial charge on any atom is 0.278 e. The van der Waals surface area contributed by atoms with Gasteiger partial charge in [-0.1, -0.05) is 35.3 Å². The number of hydrogen-bond acceptors (Lipinski definition) is 2. The highest BCUT2D eigenvalue weighted by atomic mass is 35.5. The summed E-state index contributed by atoms with van der Waals surface area (Å²) in [5, 5.41) is 12.8. The molecule has 0 aliphatic rings. The van der Waals surface area contributed by atoms with Crippen molar-refractivity contribution in [1.29, 1.82) is 0 Å². The van der Waals surface area contributed by atoms with Gasteiger partial charge in [-0.15, -0.1) is 0 Å². The molecule has 0 N–H and O–H groups in total. The molecular weight excluding hydrogens is 311 g/mol. The summed E-state index contributed by atoms with van der Waals surface area (Å²) in [5.41, 5.74) is 1.67. The third-order valence-electron chi connectivity index (χ3n) is 3.38. The van der Waals surface area contributed by atoms with Crippen molar-refractivity contribution < 1.29 is 4.92 Å². The van der Waals surface area contributed by atoms with Crippen LogP contribution in [0, 0.1) is 10.1 Å². The van der Waals surface area contributed by atoms with Crippen molar-refractivity contribution in [3.8, 4) is 0 Å². The van der Waals surface area contributed by atoms with Crippen LogP contribution in [0.5, 0.6) is 0 Å². The number of halogens is 2. The van der Waals surface area contributed by atoms with Crippen LogP contribution in [0.3, 0.4) is 0 Å². The molecule has 21 heavy (non-hydrogen) atoms. The zero-order valence-electron chi connectivity index (χ0n) is 10.8. The fraction of sp³-hybridized carbons (Fsp3) is 0.0667. The van der Waals surface area contributed by atoms with Crippen molar-refractivity contribution in [3.63, 3.8) is 0 Å². The minimum Gasteiger partial charge on any atom is -0.343 e. The van der Waals surface area contributed by atoms with Gasteiger partial charge in [0.25, 0.3) is 5.69 Å². The summed E-state index contributed by atoms with van der Waals surface area (Å²) in [4.78, 5) is 10.7. The maximum absolute atomic E-state index is 11.0. The first kappa shape index (κ1) is 13.9. The highest BCUT2D eigenvalue weighted by Crippen LogP contribution is 2.30. The van der Waals surface area contributed by atoms with Gasteiger partial charge in [-0.05, 0) is 24.3 Å². The molecule has 2 aromatic carbocycles. The fourth-order valence-electron chi connectivity index (χ4n) is 2.36. The van der Waals surface area contributed by atoms with Crippen molar-refractivity contribution in [2.45, 2.75) is 6.54 Å². The minimum atomic E-state index is -0.380. The first-order valence-corrected chi connectivity index (χ1v) is 6.98. The Morgan fingerprint density at radius 2 is 1.71 bits per heavy atom. The molecule has 0 amide bonds. The zero-order valence-corrected chi connectivity index (χ0v) is 12.3. The molecule has 0 saturated heterocycles. The van der Waals surface area contributed by atoms with E-state index in [0.29, 0.717) is 22.0 Å². The van der Waals surface area contributed by atoms with Gasteiger partial charge in [-0.3, -0.25) is 10.1 Å². The lowest BCUT2D eigenvalue weighted by atomic mass is 10.2. The van der Waals surface area contributed by atoms with Gasteiger partial charge in [0.15, 0.2) is 0 Å². The van der Waals surface area contributed by atoms with Gasteiger partial charge < -0.3 is 4.57 Å². The maximum atomic E-state index is 11.0. The van der Waals surface area contributed by atoms with Crippen LogP contribution in [0.1, 0.15) is 5.56 Å². The molecule has 0 aliphatic carbocycles. The van der Waals surface area contributed by atoms with Crippen LogP contribution >= 0.6 is 23.2 Å². The summed E-state index contributed by atoms with van der Waals surface area (Å²) in [7, 11) is 0. The second-order valence-corrected chi connectivity index (χ2v) is 5.43. The lowest BCUT2D eigenvalue weighted by Crippen LogP contribution is -1.99. The summed E-state index contributed by atoms with van der Waals surface area (Å²) in [6, 6.07) is 12.1. The number of aromatic nitrogens is 1. The Morgan fingerprint density at radius 3 is 2.38 bits per heavy atom. The summed E-state index contributed by atoms with van der Waals surface area (Å²) in [6.45, 7) is 0.461. The molecule has 4 nitrogen and oxygen atoms in total. The fourth-order valence-corrected chi connectivity index (χ4v) is 2.87. The largest absolute Gasteiger partial charge is 0.343 e. The average Bonchev–Trinajstić information content (AvgIpc) is 2.86. The van der Waals surface area contributed by atoms with Crippen molar-refractivity contribution in [1.82, 2.24) is 4.57 Å². The molecule has 106 valence electrons. The van der Waals surface area contributed by atoms with Crippen LogP contribution in [0.2, 0.25) is 10.0 Å². The van der Waals surface area contributed by atoms with Crippen LogP contribution < -0.4 is 0 Å². The van der Waals surface area contributed by atoms with Gasteiger partial charge >= 0.3 is 0 Å². The molecule has 6 heteroatoms. The Balaban J connectivity index is 2.10. The highest BCUT2D eigenvalue weighted by Gasteiger charge is 2.15. The third kappa shape index (κ3) is 2.48. The molecule has 0 fully saturated rings. The molecular formula is C15H10Cl2N2O2. The first-order valence-electron chi connectivity index (χ1n) is 6.23. The normalized spacial score (nSPS) is 11.0. The number of fused-ring (bicyclic) bond motifs is 1. The molecule has 0 unspecified atom stereocenters. The van der Waals surface area contributed by atoms with Crippen LogP contribution in [0.25, 0.3) is 10.9 Å². The van der Waals surface area contributed by atoms with Crippen LogP contribution in [0.15, 0.2) is 48.7 Å². The third-order valence-corrected chi connectivity index (χ3v) is 4.09. The number of rotatable bonds is 3. The predicted molar refractivity (Wildman–Crippen MR) is 84.2 cm³/mol. The molecule has 0 atom stereocenters. The standard InChI is InChI=1S/C15H10Cl2N2O2/c16-12-3-1-4-13(17)11(12)9-18-8-7-10-14(18)5-2-6-15(10)19(20)21/h1-8H,9H2. The number of nitro benzene ring substituents is 1. The van der Waals surface area contributed by atoms with Crippen molar-refractivity contribution in [2.24, 2.45) is 0 Å². The van der Waals surface area contributed by atoms with Gasteiger partial charge in [0.2, 0.25) is 0 Å². The highest BCUT2D eigenvalue weighted by molar-refractivity contribution is 6.36. The summed E-state index contributed by atoms with van der Waals surface area (Å²) in [6.07, 6.45) is 1.80. The summed E-state index contributed by atoms with van der Waals surface area (Å²) >= 11 is 12.3. The van der Waals surface area contributed by atoms with Gasteiger partial charge in [-0.25, -0.2) is 0 Å². The molecule has 1 heterocycles.